The van der Waals surface area contributed by atoms with Gasteiger partial charge in [0.05, 0.1) is 11.4 Å². The molecule has 28 heavy (non-hydrogen) atoms. The SMILES string of the molecule is CCc1nc(-c2ncccn2)sc1C(=O)N1CCc2[nH]nc(C3CC3)c2CC1. The minimum Gasteiger partial charge on any atom is -0.337 e. The lowest BCUT2D eigenvalue weighted by Crippen LogP contribution is -2.33. The number of thiazole rings is 1. The number of aryl methyl sites for hydroxylation is 1. The lowest BCUT2D eigenvalue weighted by molar-refractivity contribution is 0.0766. The summed E-state index contributed by atoms with van der Waals surface area (Å²) >= 11 is 1.40. The highest BCUT2D eigenvalue weighted by Crippen LogP contribution is 2.41. The van der Waals surface area contributed by atoms with Crippen molar-refractivity contribution in [2.45, 2.75) is 44.9 Å². The third-order valence-electron chi connectivity index (χ3n) is 5.48. The fraction of sp³-hybridized carbons (Fsp3) is 0.450. The first-order chi connectivity index (χ1) is 13.7. The molecule has 0 aromatic carbocycles. The maximum atomic E-state index is 13.3. The molecule has 2 aliphatic rings. The van der Waals surface area contributed by atoms with Crippen LogP contribution >= 0.6 is 11.3 Å². The summed E-state index contributed by atoms with van der Waals surface area (Å²) in [6.07, 6.45) is 8.30. The highest BCUT2D eigenvalue weighted by Gasteiger charge is 2.32. The molecule has 0 atom stereocenters. The normalized spacial score (nSPS) is 16.7. The van der Waals surface area contributed by atoms with Crippen LogP contribution in [0.2, 0.25) is 0 Å². The van der Waals surface area contributed by atoms with Crippen molar-refractivity contribution in [1.82, 2.24) is 30.0 Å². The van der Waals surface area contributed by atoms with E-state index < -0.39 is 0 Å². The smallest absolute Gasteiger partial charge is 0.265 e. The molecular formula is C20H22N6OS. The molecule has 8 heteroatoms. The Kier molecular flexibility index (Phi) is 4.43. The first kappa shape index (κ1) is 17.5. The van der Waals surface area contributed by atoms with Crippen LogP contribution in [0.1, 0.15) is 58.0 Å². The topological polar surface area (TPSA) is 87.7 Å². The number of fused-ring (bicyclic) bond motifs is 1. The molecule has 0 unspecified atom stereocenters. The molecule has 0 spiro atoms. The minimum atomic E-state index is 0.0719. The second-order valence-corrected chi connectivity index (χ2v) is 8.35. The van der Waals surface area contributed by atoms with Gasteiger partial charge in [0.1, 0.15) is 4.88 Å². The van der Waals surface area contributed by atoms with Gasteiger partial charge in [-0.15, -0.1) is 11.3 Å². The van der Waals surface area contributed by atoms with E-state index >= 15 is 0 Å². The number of hydrogen-bond donors (Lipinski definition) is 1. The summed E-state index contributed by atoms with van der Waals surface area (Å²) in [4.78, 5) is 29.2. The van der Waals surface area contributed by atoms with Crippen LogP contribution in [0.15, 0.2) is 18.5 Å². The lowest BCUT2D eigenvalue weighted by Gasteiger charge is -2.20. The van der Waals surface area contributed by atoms with Crippen molar-refractivity contribution < 1.29 is 4.79 Å². The van der Waals surface area contributed by atoms with E-state index in [0.717, 1.165) is 30.0 Å². The van der Waals surface area contributed by atoms with Crippen molar-refractivity contribution in [3.63, 3.8) is 0 Å². The average Bonchev–Trinajstić information content (AvgIpc) is 3.42. The second-order valence-electron chi connectivity index (χ2n) is 7.35. The third-order valence-corrected chi connectivity index (χ3v) is 6.56. The second kappa shape index (κ2) is 7.09. The van der Waals surface area contributed by atoms with Crippen LogP contribution < -0.4 is 0 Å². The Morgan fingerprint density at radius 2 is 2.04 bits per heavy atom. The standard InChI is InChI=1S/C20H22N6OS/c1-2-14-17(28-19(23-14)18-21-8-3-9-22-18)20(27)26-10-6-13-15(7-11-26)24-25-16(13)12-4-5-12/h3,8-9,12H,2,4-7,10-11H2,1H3,(H,24,25). The van der Waals surface area contributed by atoms with Gasteiger partial charge in [-0.3, -0.25) is 9.89 Å². The number of H-pyrrole nitrogens is 1. The van der Waals surface area contributed by atoms with Crippen molar-refractivity contribution in [3.05, 3.63) is 46.0 Å². The van der Waals surface area contributed by atoms with Crippen LogP contribution in [0.5, 0.6) is 0 Å². The molecule has 4 heterocycles. The average molecular weight is 395 g/mol. The molecule has 0 bridgehead atoms. The van der Waals surface area contributed by atoms with Gasteiger partial charge in [0.25, 0.3) is 5.91 Å². The summed E-state index contributed by atoms with van der Waals surface area (Å²) in [5.74, 6) is 1.28. The Balaban J connectivity index is 1.38. The summed E-state index contributed by atoms with van der Waals surface area (Å²) in [6.45, 7) is 3.46. The maximum Gasteiger partial charge on any atom is 0.265 e. The first-order valence-electron chi connectivity index (χ1n) is 9.87. The number of hydrogen-bond acceptors (Lipinski definition) is 6. The van der Waals surface area contributed by atoms with Gasteiger partial charge in [0, 0.05) is 43.5 Å². The van der Waals surface area contributed by atoms with Crippen LogP contribution in [0.4, 0.5) is 0 Å². The fourth-order valence-corrected chi connectivity index (χ4v) is 4.88. The molecule has 1 amide bonds. The molecular weight excluding hydrogens is 372 g/mol. The molecule has 7 nitrogen and oxygen atoms in total. The molecule has 0 saturated heterocycles. The van der Waals surface area contributed by atoms with Gasteiger partial charge in [-0.2, -0.15) is 5.10 Å². The Morgan fingerprint density at radius 1 is 1.25 bits per heavy atom. The molecule has 1 saturated carbocycles. The van der Waals surface area contributed by atoms with Crippen LogP contribution in [0.25, 0.3) is 10.8 Å². The molecule has 5 rings (SSSR count). The van der Waals surface area contributed by atoms with Gasteiger partial charge >= 0.3 is 0 Å². The van der Waals surface area contributed by atoms with Gasteiger partial charge in [-0.05, 0) is 37.3 Å². The zero-order chi connectivity index (χ0) is 19.1. The number of carbonyl (C=O) groups excluding carboxylic acids is 1. The monoisotopic (exact) mass is 394 g/mol. The van der Waals surface area contributed by atoms with Crippen molar-refractivity contribution in [3.8, 4) is 10.8 Å². The predicted octanol–water partition coefficient (Wildman–Crippen LogP) is 3.00. The van der Waals surface area contributed by atoms with Gasteiger partial charge in [-0.25, -0.2) is 15.0 Å². The van der Waals surface area contributed by atoms with E-state index in [0.29, 0.717) is 29.7 Å². The fourth-order valence-electron chi connectivity index (χ4n) is 3.81. The molecule has 3 aromatic rings. The Bertz CT molecular complexity index is 1010. The third kappa shape index (κ3) is 3.11. The zero-order valence-corrected chi connectivity index (χ0v) is 16.6. The summed E-state index contributed by atoms with van der Waals surface area (Å²) in [5, 5.41) is 8.47. The van der Waals surface area contributed by atoms with Crippen LogP contribution in [0.3, 0.4) is 0 Å². The Morgan fingerprint density at radius 3 is 2.79 bits per heavy atom. The molecule has 1 aliphatic carbocycles. The van der Waals surface area contributed by atoms with E-state index in [-0.39, 0.29) is 5.91 Å². The van der Waals surface area contributed by atoms with E-state index in [9.17, 15) is 4.79 Å². The number of nitrogens with zero attached hydrogens (tertiary/aromatic N) is 5. The predicted molar refractivity (Wildman–Crippen MR) is 106 cm³/mol. The number of aromatic amines is 1. The molecule has 0 radical (unpaired) electrons. The highest BCUT2D eigenvalue weighted by atomic mass is 32.1. The molecule has 1 fully saturated rings. The van der Waals surface area contributed by atoms with E-state index in [2.05, 4.69) is 25.1 Å². The summed E-state index contributed by atoms with van der Waals surface area (Å²) in [6, 6.07) is 1.78. The van der Waals surface area contributed by atoms with Gasteiger partial charge in [-0.1, -0.05) is 6.92 Å². The van der Waals surface area contributed by atoms with Crippen LogP contribution in [0, 0.1) is 0 Å². The molecule has 3 aromatic heterocycles. The van der Waals surface area contributed by atoms with Crippen molar-refractivity contribution >= 4 is 17.2 Å². The zero-order valence-electron chi connectivity index (χ0n) is 15.8. The number of amides is 1. The molecule has 144 valence electrons. The first-order valence-corrected chi connectivity index (χ1v) is 10.7. The minimum absolute atomic E-state index is 0.0719. The summed E-state index contributed by atoms with van der Waals surface area (Å²) in [7, 11) is 0. The summed E-state index contributed by atoms with van der Waals surface area (Å²) in [5.41, 5.74) is 4.62. The van der Waals surface area contributed by atoms with Gasteiger partial charge < -0.3 is 4.90 Å². The maximum absolute atomic E-state index is 13.3. The Hall–Kier alpha value is -2.61. The quantitative estimate of drug-likeness (QED) is 0.735. The van der Waals surface area contributed by atoms with Crippen molar-refractivity contribution in [2.24, 2.45) is 0 Å². The van der Waals surface area contributed by atoms with E-state index in [4.69, 9.17) is 0 Å². The van der Waals surface area contributed by atoms with E-state index in [1.165, 1.54) is 41.1 Å². The molecule has 1 N–H and O–H groups in total. The number of carbonyl (C=O) groups is 1. The number of nitrogens with one attached hydrogen (secondary N) is 1. The van der Waals surface area contributed by atoms with E-state index in [1.807, 2.05) is 11.8 Å². The summed E-state index contributed by atoms with van der Waals surface area (Å²) < 4.78 is 0. The van der Waals surface area contributed by atoms with Crippen molar-refractivity contribution in [1.29, 1.82) is 0 Å². The number of rotatable bonds is 4. The van der Waals surface area contributed by atoms with Crippen LogP contribution in [-0.2, 0) is 19.3 Å². The Labute approximate surface area is 167 Å². The number of aromatic nitrogens is 5. The lowest BCUT2D eigenvalue weighted by atomic mass is 10.1. The highest BCUT2D eigenvalue weighted by molar-refractivity contribution is 7.17. The van der Waals surface area contributed by atoms with Crippen LogP contribution in [-0.4, -0.2) is 49.0 Å². The largest absolute Gasteiger partial charge is 0.337 e. The van der Waals surface area contributed by atoms with Gasteiger partial charge in [0.15, 0.2) is 10.8 Å². The molecule has 1 aliphatic heterocycles. The van der Waals surface area contributed by atoms with E-state index in [1.54, 1.807) is 18.5 Å². The van der Waals surface area contributed by atoms with Gasteiger partial charge in [0.2, 0.25) is 0 Å². The van der Waals surface area contributed by atoms with Crippen molar-refractivity contribution in [2.75, 3.05) is 13.1 Å².